The molecule has 0 unspecified atom stereocenters. The predicted molar refractivity (Wildman–Crippen MR) is 90.7 cm³/mol. The van der Waals surface area contributed by atoms with Crippen LogP contribution < -0.4 is 10.6 Å². The Morgan fingerprint density at radius 2 is 1.83 bits per heavy atom. The van der Waals surface area contributed by atoms with Crippen molar-refractivity contribution in [2.24, 2.45) is 0 Å². The van der Waals surface area contributed by atoms with Gasteiger partial charge in [0.15, 0.2) is 0 Å². The molecule has 6 heteroatoms. The summed E-state index contributed by atoms with van der Waals surface area (Å²) in [5.74, 6) is -0.906. The first kappa shape index (κ1) is 16.5. The van der Waals surface area contributed by atoms with Crippen molar-refractivity contribution in [3.63, 3.8) is 0 Å². The monoisotopic (exact) mass is 346 g/mol. The number of hydrogen-bond acceptors (Lipinski definition) is 2. The van der Waals surface area contributed by atoms with E-state index in [2.05, 4.69) is 10.6 Å². The van der Waals surface area contributed by atoms with Crippen molar-refractivity contribution >= 4 is 29.1 Å². The molecule has 1 aliphatic carbocycles. The number of nitrogens with one attached hydrogen (secondary N) is 2. The lowest BCUT2D eigenvalue weighted by atomic mass is 10.1. The van der Waals surface area contributed by atoms with Crippen LogP contribution in [0.25, 0.3) is 0 Å². The van der Waals surface area contributed by atoms with Gasteiger partial charge in [0.2, 0.25) is 5.91 Å². The minimum Gasteiger partial charge on any atom is -0.353 e. The highest BCUT2D eigenvalue weighted by Crippen LogP contribution is 2.20. The predicted octanol–water partition coefficient (Wildman–Crippen LogP) is 3.55. The number of rotatable bonds is 5. The van der Waals surface area contributed by atoms with Gasteiger partial charge in [-0.3, -0.25) is 9.59 Å². The molecule has 0 spiro atoms. The number of hydrogen-bond donors (Lipinski definition) is 2. The molecule has 0 aliphatic heterocycles. The first-order valence-corrected chi connectivity index (χ1v) is 8.04. The molecule has 2 aromatic rings. The minimum absolute atomic E-state index is 0.00683. The molecule has 0 radical (unpaired) electrons. The first-order valence-electron chi connectivity index (χ1n) is 7.66. The maximum Gasteiger partial charge on any atom is 0.257 e. The Kier molecular flexibility index (Phi) is 4.81. The molecule has 24 heavy (non-hydrogen) atoms. The van der Waals surface area contributed by atoms with Gasteiger partial charge in [-0.25, -0.2) is 4.39 Å². The number of halogens is 2. The fourth-order valence-corrected chi connectivity index (χ4v) is 2.52. The van der Waals surface area contributed by atoms with Crippen molar-refractivity contribution in [3.05, 3.63) is 64.4 Å². The molecule has 1 fully saturated rings. The second-order valence-electron chi connectivity index (χ2n) is 5.79. The van der Waals surface area contributed by atoms with Crippen LogP contribution in [-0.4, -0.2) is 17.9 Å². The van der Waals surface area contributed by atoms with E-state index in [1.165, 1.54) is 12.1 Å². The van der Waals surface area contributed by atoms with Gasteiger partial charge in [0, 0.05) is 11.7 Å². The van der Waals surface area contributed by atoms with E-state index in [-0.39, 0.29) is 16.5 Å². The van der Waals surface area contributed by atoms with Gasteiger partial charge in [-0.2, -0.15) is 0 Å². The van der Waals surface area contributed by atoms with Gasteiger partial charge in [0.05, 0.1) is 17.0 Å². The fourth-order valence-electron chi connectivity index (χ4n) is 2.27. The van der Waals surface area contributed by atoms with E-state index in [9.17, 15) is 14.0 Å². The van der Waals surface area contributed by atoms with E-state index in [0.29, 0.717) is 18.2 Å². The molecule has 3 rings (SSSR count). The van der Waals surface area contributed by atoms with Gasteiger partial charge >= 0.3 is 0 Å². The zero-order valence-corrected chi connectivity index (χ0v) is 13.6. The van der Waals surface area contributed by atoms with Gasteiger partial charge in [0.25, 0.3) is 5.91 Å². The maximum atomic E-state index is 13.0. The van der Waals surface area contributed by atoms with Crippen LogP contribution in [0.15, 0.2) is 42.5 Å². The molecule has 2 amide bonds. The van der Waals surface area contributed by atoms with Crippen molar-refractivity contribution in [2.75, 3.05) is 5.32 Å². The van der Waals surface area contributed by atoms with E-state index < -0.39 is 11.7 Å². The van der Waals surface area contributed by atoms with Crippen LogP contribution in [0.5, 0.6) is 0 Å². The summed E-state index contributed by atoms with van der Waals surface area (Å²) in [7, 11) is 0. The Bertz CT molecular complexity index is 773. The molecule has 124 valence electrons. The zero-order valence-electron chi connectivity index (χ0n) is 12.8. The van der Waals surface area contributed by atoms with Crippen molar-refractivity contribution in [2.45, 2.75) is 25.3 Å². The Morgan fingerprint density at radius 1 is 1.12 bits per heavy atom. The summed E-state index contributed by atoms with van der Waals surface area (Å²) in [5.41, 5.74) is 1.64. The number of carbonyl (C=O) groups excluding carboxylic acids is 2. The summed E-state index contributed by atoms with van der Waals surface area (Å²) in [6.45, 7) is 0. The van der Waals surface area contributed by atoms with E-state index >= 15 is 0 Å². The highest BCUT2D eigenvalue weighted by molar-refractivity contribution is 6.34. The van der Waals surface area contributed by atoms with Crippen LogP contribution in [0.1, 0.15) is 28.8 Å². The average Bonchev–Trinajstić information content (AvgIpc) is 3.33. The second-order valence-corrected chi connectivity index (χ2v) is 6.20. The molecule has 0 aromatic heterocycles. The standard InChI is InChI=1S/C18H16ClFN2O2/c19-16-10-12(20)3-8-15(16)18(24)22-14-4-1-11(2-5-14)9-17(23)21-13-6-7-13/h1-5,8,10,13H,6-7,9H2,(H,21,23)(H,22,24). The van der Waals surface area contributed by atoms with Crippen LogP contribution in [0, 0.1) is 5.82 Å². The van der Waals surface area contributed by atoms with Crippen LogP contribution in [-0.2, 0) is 11.2 Å². The summed E-state index contributed by atoms with van der Waals surface area (Å²) >= 11 is 5.87. The third-order valence-corrected chi connectivity index (χ3v) is 4.01. The second kappa shape index (κ2) is 7.01. The number of anilines is 1. The molecule has 2 aromatic carbocycles. The van der Waals surface area contributed by atoms with E-state index in [4.69, 9.17) is 11.6 Å². The molecular weight excluding hydrogens is 331 g/mol. The van der Waals surface area contributed by atoms with Crippen molar-refractivity contribution in [1.29, 1.82) is 0 Å². The Balaban J connectivity index is 1.60. The van der Waals surface area contributed by atoms with Crippen molar-refractivity contribution in [1.82, 2.24) is 5.32 Å². The summed E-state index contributed by atoms with van der Waals surface area (Å²) in [6, 6.07) is 11.0. The van der Waals surface area contributed by atoms with Gasteiger partial charge in [0.1, 0.15) is 5.82 Å². The number of amides is 2. The molecule has 0 bridgehead atoms. The van der Waals surface area contributed by atoms with E-state index in [1.807, 2.05) is 0 Å². The van der Waals surface area contributed by atoms with E-state index in [0.717, 1.165) is 24.5 Å². The number of benzene rings is 2. The highest BCUT2D eigenvalue weighted by atomic mass is 35.5. The van der Waals surface area contributed by atoms with Crippen LogP contribution in [0.4, 0.5) is 10.1 Å². The SMILES string of the molecule is O=C(Cc1ccc(NC(=O)c2ccc(F)cc2Cl)cc1)NC1CC1. The normalized spacial score (nSPS) is 13.4. The van der Waals surface area contributed by atoms with Crippen LogP contribution in [0.3, 0.4) is 0 Å². The molecular formula is C18H16ClFN2O2. The lowest BCUT2D eigenvalue weighted by molar-refractivity contribution is -0.120. The summed E-state index contributed by atoms with van der Waals surface area (Å²) in [6.07, 6.45) is 2.43. The Morgan fingerprint density at radius 3 is 2.46 bits per heavy atom. The molecule has 0 saturated heterocycles. The van der Waals surface area contributed by atoms with Gasteiger partial charge in [-0.15, -0.1) is 0 Å². The fraction of sp³-hybridized carbons (Fsp3) is 0.222. The quantitative estimate of drug-likeness (QED) is 0.869. The Hall–Kier alpha value is -2.40. The third-order valence-electron chi connectivity index (χ3n) is 3.69. The molecule has 2 N–H and O–H groups in total. The van der Waals surface area contributed by atoms with Crippen LogP contribution in [0.2, 0.25) is 5.02 Å². The molecule has 1 saturated carbocycles. The first-order chi connectivity index (χ1) is 11.5. The summed E-state index contributed by atoms with van der Waals surface area (Å²) in [5, 5.41) is 5.68. The molecule has 0 heterocycles. The molecule has 0 atom stereocenters. The Labute approximate surface area is 144 Å². The largest absolute Gasteiger partial charge is 0.353 e. The lowest BCUT2D eigenvalue weighted by Crippen LogP contribution is -2.26. The van der Waals surface area contributed by atoms with Crippen molar-refractivity contribution < 1.29 is 14.0 Å². The number of carbonyl (C=O) groups is 2. The van der Waals surface area contributed by atoms with Crippen LogP contribution >= 0.6 is 11.6 Å². The van der Waals surface area contributed by atoms with Crippen molar-refractivity contribution in [3.8, 4) is 0 Å². The maximum absolute atomic E-state index is 13.0. The zero-order chi connectivity index (χ0) is 17.1. The topological polar surface area (TPSA) is 58.2 Å². The smallest absolute Gasteiger partial charge is 0.257 e. The van der Waals surface area contributed by atoms with Gasteiger partial charge < -0.3 is 10.6 Å². The average molecular weight is 347 g/mol. The van der Waals surface area contributed by atoms with E-state index in [1.54, 1.807) is 24.3 Å². The minimum atomic E-state index is -0.495. The lowest BCUT2D eigenvalue weighted by Gasteiger charge is -2.08. The molecule has 1 aliphatic rings. The summed E-state index contributed by atoms with van der Waals surface area (Å²) < 4.78 is 13.0. The molecule has 4 nitrogen and oxygen atoms in total. The summed E-state index contributed by atoms with van der Waals surface area (Å²) in [4.78, 5) is 23.9. The van der Waals surface area contributed by atoms with Gasteiger partial charge in [-0.1, -0.05) is 23.7 Å². The highest BCUT2D eigenvalue weighted by Gasteiger charge is 2.23. The third kappa shape index (κ3) is 4.32. The van der Waals surface area contributed by atoms with Gasteiger partial charge in [-0.05, 0) is 48.7 Å².